The van der Waals surface area contributed by atoms with Gasteiger partial charge in [-0.25, -0.2) is 9.64 Å². The highest BCUT2D eigenvalue weighted by Crippen LogP contribution is 2.34. The summed E-state index contributed by atoms with van der Waals surface area (Å²) in [4.78, 5) is 15.9. The molecule has 0 saturated heterocycles. The Morgan fingerprint density at radius 1 is 1.15 bits per heavy atom. The van der Waals surface area contributed by atoms with Crippen LogP contribution in [0, 0.1) is 6.57 Å². The van der Waals surface area contributed by atoms with Gasteiger partial charge in [-0.2, -0.15) is 0 Å². The Morgan fingerprint density at radius 3 is 2.56 bits per heavy atom. The minimum Gasteiger partial charge on any atom is -0.456 e. The van der Waals surface area contributed by atoms with E-state index in [4.69, 9.17) is 11.3 Å². The van der Waals surface area contributed by atoms with E-state index in [1.165, 1.54) is 0 Å². The van der Waals surface area contributed by atoms with E-state index in [9.17, 15) is 4.79 Å². The molecule has 0 aliphatic heterocycles. The SMILES string of the molecule is [C-]#[N+]c1ccc(-c2cccc(C(=O)OC(C)(C)C)c2)c(-c2nncn2C)c1. The normalized spacial score (nSPS) is 11.1. The van der Waals surface area contributed by atoms with Gasteiger partial charge in [0.15, 0.2) is 11.5 Å². The van der Waals surface area contributed by atoms with Gasteiger partial charge in [0.25, 0.3) is 0 Å². The lowest BCUT2D eigenvalue weighted by Crippen LogP contribution is -2.23. The fourth-order valence-electron chi connectivity index (χ4n) is 2.72. The summed E-state index contributed by atoms with van der Waals surface area (Å²) in [6.07, 6.45) is 1.61. The van der Waals surface area contributed by atoms with Gasteiger partial charge in [0, 0.05) is 12.6 Å². The summed E-state index contributed by atoms with van der Waals surface area (Å²) in [5, 5.41) is 8.11. The third-order valence-corrected chi connectivity index (χ3v) is 3.89. The van der Waals surface area contributed by atoms with Crippen LogP contribution in [0.1, 0.15) is 31.1 Å². The lowest BCUT2D eigenvalue weighted by Gasteiger charge is -2.19. The quantitative estimate of drug-likeness (QED) is 0.504. The summed E-state index contributed by atoms with van der Waals surface area (Å²) in [6.45, 7) is 12.8. The largest absolute Gasteiger partial charge is 0.456 e. The molecule has 0 spiro atoms. The van der Waals surface area contributed by atoms with E-state index in [0.717, 1.165) is 16.7 Å². The van der Waals surface area contributed by atoms with Crippen molar-refractivity contribution in [3.05, 3.63) is 65.8 Å². The summed E-state index contributed by atoms with van der Waals surface area (Å²) >= 11 is 0. The number of carbonyl (C=O) groups is 1. The number of hydrogen-bond acceptors (Lipinski definition) is 4. The molecule has 0 radical (unpaired) electrons. The number of nitrogens with zero attached hydrogens (tertiary/aromatic N) is 4. The number of ether oxygens (including phenoxy) is 1. The number of aryl methyl sites for hydroxylation is 1. The van der Waals surface area contributed by atoms with Crippen molar-refractivity contribution < 1.29 is 9.53 Å². The molecule has 0 saturated carbocycles. The van der Waals surface area contributed by atoms with Crippen LogP contribution < -0.4 is 0 Å². The molecule has 6 nitrogen and oxygen atoms in total. The molecule has 0 bridgehead atoms. The fraction of sp³-hybridized carbons (Fsp3) is 0.238. The van der Waals surface area contributed by atoms with Crippen molar-refractivity contribution in [3.8, 4) is 22.5 Å². The van der Waals surface area contributed by atoms with Crippen molar-refractivity contribution in [3.63, 3.8) is 0 Å². The zero-order chi connectivity index (χ0) is 19.6. The second kappa shape index (κ2) is 7.04. The maximum absolute atomic E-state index is 12.4. The first-order valence-corrected chi connectivity index (χ1v) is 8.48. The Hall–Kier alpha value is -3.46. The number of rotatable bonds is 3. The summed E-state index contributed by atoms with van der Waals surface area (Å²) < 4.78 is 7.26. The van der Waals surface area contributed by atoms with Crippen LogP contribution in [-0.4, -0.2) is 26.3 Å². The summed E-state index contributed by atoms with van der Waals surface area (Å²) in [7, 11) is 1.85. The Balaban J connectivity index is 2.10. The molecule has 0 amide bonds. The van der Waals surface area contributed by atoms with Crippen molar-refractivity contribution in [2.24, 2.45) is 7.05 Å². The molecule has 0 aliphatic carbocycles. The van der Waals surface area contributed by atoms with E-state index in [1.807, 2.05) is 46.0 Å². The Labute approximate surface area is 158 Å². The zero-order valence-electron chi connectivity index (χ0n) is 15.7. The Morgan fingerprint density at radius 2 is 1.93 bits per heavy atom. The highest BCUT2D eigenvalue weighted by Gasteiger charge is 2.19. The van der Waals surface area contributed by atoms with Gasteiger partial charge in [0.2, 0.25) is 0 Å². The van der Waals surface area contributed by atoms with Gasteiger partial charge in [-0.3, -0.25) is 0 Å². The second-order valence-electron chi connectivity index (χ2n) is 7.19. The highest BCUT2D eigenvalue weighted by atomic mass is 16.6. The van der Waals surface area contributed by atoms with Crippen LogP contribution >= 0.6 is 0 Å². The van der Waals surface area contributed by atoms with E-state index in [1.54, 1.807) is 35.2 Å². The van der Waals surface area contributed by atoms with Crippen LogP contribution in [-0.2, 0) is 11.8 Å². The maximum atomic E-state index is 12.4. The molecule has 0 aliphatic rings. The van der Waals surface area contributed by atoms with E-state index in [-0.39, 0.29) is 5.97 Å². The van der Waals surface area contributed by atoms with Crippen LogP contribution in [0.25, 0.3) is 27.4 Å². The second-order valence-corrected chi connectivity index (χ2v) is 7.19. The van der Waals surface area contributed by atoms with E-state index in [2.05, 4.69) is 15.0 Å². The van der Waals surface area contributed by atoms with Crippen molar-refractivity contribution in [1.29, 1.82) is 0 Å². The van der Waals surface area contributed by atoms with Crippen LogP contribution in [0.15, 0.2) is 48.8 Å². The minimum absolute atomic E-state index is 0.373. The first-order chi connectivity index (χ1) is 12.8. The van der Waals surface area contributed by atoms with Crippen LogP contribution in [0.2, 0.25) is 0 Å². The molecular weight excluding hydrogens is 340 g/mol. The number of benzene rings is 2. The molecule has 0 N–H and O–H groups in total. The van der Waals surface area contributed by atoms with Gasteiger partial charge < -0.3 is 9.30 Å². The molecule has 1 heterocycles. The monoisotopic (exact) mass is 360 g/mol. The molecule has 136 valence electrons. The minimum atomic E-state index is -0.561. The fourth-order valence-corrected chi connectivity index (χ4v) is 2.72. The highest BCUT2D eigenvalue weighted by molar-refractivity contribution is 5.92. The smallest absolute Gasteiger partial charge is 0.338 e. The standard InChI is InChI=1S/C21H20N4O2/c1-21(2,3)27-20(26)15-8-6-7-14(11-15)17-10-9-16(22-4)12-18(17)19-24-23-13-25(19)5/h6-13H,1-3,5H3. The molecule has 2 aromatic carbocycles. The molecule has 0 fully saturated rings. The average molecular weight is 360 g/mol. The third-order valence-electron chi connectivity index (χ3n) is 3.89. The summed E-state index contributed by atoms with van der Waals surface area (Å²) in [6, 6.07) is 12.7. The number of esters is 1. The Kier molecular flexibility index (Phi) is 4.78. The van der Waals surface area contributed by atoms with Crippen molar-refractivity contribution >= 4 is 11.7 Å². The first kappa shape index (κ1) is 18.3. The molecule has 27 heavy (non-hydrogen) atoms. The third kappa shape index (κ3) is 4.04. The molecule has 3 aromatic rings. The summed E-state index contributed by atoms with van der Waals surface area (Å²) in [5.74, 6) is 0.278. The molecule has 1 aromatic heterocycles. The number of aromatic nitrogens is 3. The number of hydrogen-bond donors (Lipinski definition) is 0. The summed E-state index contributed by atoms with van der Waals surface area (Å²) in [5.41, 5.74) is 2.91. The van der Waals surface area contributed by atoms with Crippen LogP contribution in [0.4, 0.5) is 5.69 Å². The molecule has 3 rings (SSSR count). The van der Waals surface area contributed by atoms with E-state index < -0.39 is 5.60 Å². The van der Waals surface area contributed by atoms with E-state index in [0.29, 0.717) is 17.1 Å². The van der Waals surface area contributed by atoms with Gasteiger partial charge in [-0.1, -0.05) is 24.3 Å². The predicted molar refractivity (Wildman–Crippen MR) is 103 cm³/mol. The lowest BCUT2D eigenvalue weighted by atomic mass is 9.97. The van der Waals surface area contributed by atoms with Crippen LogP contribution in [0.3, 0.4) is 0 Å². The topological polar surface area (TPSA) is 61.4 Å². The van der Waals surface area contributed by atoms with Crippen molar-refractivity contribution in [2.45, 2.75) is 26.4 Å². The van der Waals surface area contributed by atoms with Gasteiger partial charge in [0.05, 0.1) is 12.1 Å². The average Bonchev–Trinajstić information content (AvgIpc) is 3.05. The zero-order valence-corrected chi connectivity index (χ0v) is 15.7. The van der Waals surface area contributed by atoms with E-state index >= 15 is 0 Å². The van der Waals surface area contributed by atoms with Gasteiger partial charge in [-0.15, -0.1) is 10.2 Å². The van der Waals surface area contributed by atoms with Gasteiger partial charge >= 0.3 is 5.97 Å². The van der Waals surface area contributed by atoms with Crippen molar-refractivity contribution in [2.75, 3.05) is 0 Å². The Bertz CT molecular complexity index is 1040. The van der Waals surface area contributed by atoms with Gasteiger partial charge in [-0.05, 0) is 50.1 Å². The molecule has 6 heteroatoms. The van der Waals surface area contributed by atoms with Gasteiger partial charge in [0.1, 0.15) is 11.9 Å². The predicted octanol–water partition coefficient (Wildman–Crippen LogP) is 4.66. The number of carbonyl (C=O) groups excluding carboxylic acids is 1. The molecule has 0 unspecified atom stereocenters. The lowest BCUT2D eigenvalue weighted by molar-refractivity contribution is 0.00696. The molecule has 0 atom stereocenters. The van der Waals surface area contributed by atoms with Crippen LogP contribution in [0.5, 0.6) is 0 Å². The first-order valence-electron chi connectivity index (χ1n) is 8.48. The van der Waals surface area contributed by atoms with Crippen molar-refractivity contribution in [1.82, 2.24) is 14.8 Å². The molecular formula is C21H20N4O2. The maximum Gasteiger partial charge on any atom is 0.338 e.